The molecule has 6 heteroatoms. The van der Waals surface area contributed by atoms with Gasteiger partial charge in [-0.1, -0.05) is 33.8 Å². The number of carbonyl (C=O) groups is 2. The van der Waals surface area contributed by atoms with Crippen molar-refractivity contribution in [1.82, 2.24) is 9.88 Å². The van der Waals surface area contributed by atoms with Crippen LogP contribution in [0.2, 0.25) is 0 Å². The van der Waals surface area contributed by atoms with Gasteiger partial charge in [0.2, 0.25) is 5.91 Å². The van der Waals surface area contributed by atoms with E-state index in [-0.39, 0.29) is 17.4 Å². The Morgan fingerprint density at radius 1 is 1.23 bits per heavy atom. The number of amides is 1. The van der Waals surface area contributed by atoms with Crippen LogP contribution in [-0.2, 0) is 9.59 Å². The molecule has 0 saturated carbocycles. The number of carboxylic acids is 1. The van der Waals surface area contributed by atoms with Gasteiger partial charge in [0.1, 0.15) is 12.1 Å². The van der Waals surface area contributed by atoms with Crippen molar-refractivity contribution >= 4 is 11.9 Å². The van der Waals surface area contributed by atoms with Crippen LogP contribution < -0.4 is 10.9 Å². The molecule has 0 aliphatic rings. The average Bonchev–Trinajstić information content (AvgIpc) is 2.39. The summed E-state index contributed by atoms with van der Waals surface area (Å²) in [6.07, 6.45) is 1.89. The Morgan fingerprint density at radius 2 is 1.86 bits per heavy atom. The Balaban J connectivity index is 3.02. The first-order chi connectivity index (χ1) is 10.2. The number of carbonyl (C=O) groups excluding carboxylic acids is 1. The van der Waals surface area contributed by atoms with Crippen LogP contribution >= 0.6 is 0 Å². The van der Waals surface area contributed by atoms with Gasteiger partial charge in [0, 0.05) is 12.3 Å². The number of carboxylic acid groups (broad SMARTS) is 1. The first-order valence-corrected chi connectivity index (χ1v) is 7.44. The molecule has 6 nitrogen and oxygen atoms in total. The monoisotopic (exact) mass is 308 g/mol. The van der Waals surface area contributed by atoms with Crippen LogP contribution in [0.15, 0.2) is 29.2 Å². The summed E-state index contributed by atoms with van der Waals surface area (Å²) < 4.78 is 1.34. The fourth-order valence-electron chi connectivity index (χ4n) is 2.37. The highest BCUT2D eigenvalue weighted by molar-refractivity contribution is 5.86. The highest BCUT2D eigenvalue weighted by Gasteiger charge is 2.29. The Morgan fingerprint density at radius 3 is 2.32 bits per heavy atom. The van der Waals surface area contributed by atoms with Crippen LogP contribution in [-0.4, -0.2) is 27.6 Å². The first-order valence-electron chi connectivity index (χ1n) is 7.44. The Kier molecular flexibility index (Phi) is 6.34. The summed E-state index contributed by atoms with van der Waals surface area (Å²) in [5, 5.41) is 11.8. The quantitative estimate of drug-likeness (QED) is 0.802. The zero-order valence-electron chi connectivity index (χ0n) is 13.4. The second-order valence-corrected chi connectivity index (χ2v) is 6.16. The van der Waals surface area contributed by atoms with Crippen LogP contribution in [0.25, 0.3) is 0 Å². The third-order valence-corrected chi connectivity index (χ3v) is 3.37. The summed E-state index contributed by atoms with van der Waals surface area (Å²) in [5.41, 5.74) is -0.285. The Bertz CT molecular complexity index is 578. The number of pyridine rings is 1. The zero-order valence-corrected chi connectivity index (χ0v) is 13.4. The van der Waals surface area contributed by atoms with Crippen molar-refractivity contribution in [3.8, 4) is 0 Å². The molecule has 0 aliphatic heterocycles. The van der Waals surface area contributed by atoms with E-state index < -0.39 is 24.0 Å². The minimum Gasteiger partial charge on any atom is -0.480 e. The molecule has 122 valence electrons. The van der Waals surface area contributed by atoms with Crippen molar-refractivity contribution in [2.45, 2.75) is 46.2 Å². The Hall–Kier alpha value is -2.11. The molecule has 2 unspecified atom stereocenters. The van der Waals surface area contributed by atoms with E-state index >= 15 is 0 Å². The molecule has 22 heavy (non-hydrogen) atoms. The van der Waals surface area contributed by atoms with Gasteiger partial charge in [-0.3, -0.25) is 9.59 Å². The van der Waals surface area contributed by atoms with E-state index in [4.69, 9.17) is 0 Å². The van der Waals surface area contributed by atoms with E-state index in [0.29, 0.717) is 6.42 Å². The zero-order chi connectivity index (χ0) is 16.9. The highest BCUT2D eigenvalue weighted by atomic mass is 16.4. The molecule has 1 amide bonds. The summed E-state index contributed by atoms with van der Waals surface area (Å²) in [6, 6.07) is 2.97. The van der Waals surface area contributed by atoms with Gasteiger partial charge in [0.15, 0.2) is 0 Å². The molecule has 0 spiro atoms. The molecule has 0 bridgehead atoms. The van der Waals surface area contributed by atoms with Crippen molar-refractivity contribution < 1.29 is 14.7 Å². The minimum atomic E-state index is -1.06. The molecule has 1 aromatic rings. The van der Waals surface area contributed by atoms with E-state index in [1.807, 2.05) is 27.7 Å². The molecule has 0 saturated heterocycles. The normalized spacial score (nSPS) is 13.9. The highest BCUT2D eigenvalue weighted by Crippen LogP contribution is 2.17. The standard InChI is InChI=1S/C16H24N2O4/c1-10(2)9-12(16(21)22)17-15(20)14(11(3)4)18-8-6-5-7-13(18)19/h5-8,10-12,14H,9H2,1-4H3,(H,17,20)(H,21,22). The smallest absolute Gasteiger partial charge is 0.326 e. The second-order valence-electron chi connectivity index (χ2n) is 6.16. The average molecular weight is 308 g/mol. The summed E-state index contributed by atoms with van der Waals surface area (Å²) >= 11 is 0. The molecule has 2 N–H and O–H groups in total. The first kappa shape index (κ1) is 17.9. The van der Waals surface area contributed by atoms with E-state index in [0.717, 1.165) is 0 Å². The van der Waals surface area contributed by atoms with Crippen LogP contribution in [0, 0.1) is 11.8 Å². The maximum absolute atomic E-state index is 12.5. The summed E-state index contributed by atoms with van der Waals surface area (Å²) in [7, 11) is 0. The van der Waals surface area contributed by atoms with Crippen LogP contribution in [0.3, 0.4) is 0 Å². The van der Waals surface area contributed by atoms with Crippen molar-refractivity contribution in [3.05, 3.63) is 34.7 Å². The lowest BCUT2D eigenvalue weighted by atomic mass is 10.00. The van der Waals surface area contributed by atoms with Gasteiger partial charge < -0.3 is 15.0 Å². The van der Waals surface area contributed by atoms with Crippen LogP contribution in [0.1, 0.15) is 40.2 Å². The van der Waals surface area contributed by atoms with Crippen LogP contribution in [0.4, 0.5) is 0 Å². The molecular weight excluding hydrogens is 284 g/mol. The van der Waals surface area contributed by atoms with Gasteiger partial charge in [-0.05, 0) is 24.3 Å². The fraction of sp³-hybridized carbons (Fsp3) is 0.562. The topological polar surface area (TPSA) is 88.4 Å². The lowest BCUT2D eigenvalue weighted by Gasteiger charge is -2.25. The molecule has 0 aromatic carbocycles. The van der Waals surface area contributed by atoms with Crippen LogP contribution in [0.5, 0.6) is 0 Å². The molecule has 0 radical (unpaired) electrons. The molecule has 0 aliphatic carbocycles. The molecule has 2 atom stereocenters. The van der Waals surface area contributed by atoms with Gasteiger partial charge in [0.05, 0.1) is 0 Å². The number of hydrogen-bond donors (Lipinski definition) is 2. The number of nitrogens with zero attached hydrogens (tertiary/aromatic N) is 1. The van der Waals surface area contributed by atoms with Gasteiger partial charge in [-0.25, -0.2) is 4.79 Å². The maximum atomic E-state index is 12.5. The lowest BCUT2D eigenvalue weighted by molar-refractivity contribution is -0.143. The van der Waals surface area contributed by atoms with Gasteiger partial charge in [-0.15, -0.1) is 0 Å². The number of nitrogens with one attached hydrogen (secondary N) is 1. The Labute approximate surface area is 130 Å². The third-order valence-electron chi connectivity index (χ3n) is 3.37. The number of aromatic nitrogens is 1. The molecule has 1 rings (SSSR count). The maximum Gasteiger partial charge on any atom is 0.326 e. The van der Waals surface area contributed by atoms with E-state index in [9.17, 15) is 19.5 Å². The third kappa shape index (κ3) is 4.72. The second kappa shape index (κ2) is 7.77. The minimum absolute atomic E-state index is 0.137. The van der Waals surface area contributed by atoms with Gasteiger partial charge in [-0.2, -0.15) is 0 Å². The van der Waals surface area contributed by atoms with E-state index in [2.05, 4.69) is 5.32 Å². The van der Waals surface area contributed by atoms with Crippen molar-refractivity contribution in [2.24, 2.45) is 11.8 Å². The number of rotatable bonds is 7. The largest absolute Gasteiger partial charge is 0.480 e. The molecular formula is C16H24N2O4. The summed E-state index contributed by atoms with van der Waals surface area (Å²) in [4.78, 5) is 35.7. The van der Waals surface area contributed by atoms with E-state index in [1.54, 1.807) is 18.3 Å². The SMILES string of the molecule is CC(C)CC(NC(=O)C(C(C)C)n1ccccc1=O)C(=O)O. The van der Waals surface area contributed by atoms with Gasteiger partial charge in [0.25, 0.3) is 5.56 Å². The van der Waals surface area contributed by atoms with Gasteiger partial charge >= 0.3 is 5.97 Å². The number of hydrogen-bond acceptors (Lipinski definition) is 3. The van der Waals surface area contributed by atoms with Crippen molar-refractivity contribution in [1.29, 1.82) is 0 Å². The predicted molar refractivity (Wildman–Crippen MR) is 83.6 cm³/mol. The number of aliphatic carboxylic acids is 1. The molecule has 1 heterocycles. The van der Waals surface area contributed by atoms with Crippen molar-refractivity contribution in [3.63, 3.8) is 0 Å². The fourth-order valence-corrected chi connectivity index (χ4v) is 2.37. The van der Waals surface area contributed by atoms with E-state index in [1.165, 1.54) is 10.6 Å². The molecule has 0 fully saturated rings. The van der Waals surface area contributed by atoms with Crippen molar-refractivity contribution in [2.75, 3.05) is 0 Å². The molecule has 1 aromatic heterocycles. The summed E-state index contributed by atoms with van der Waals surface area (Å²) in [6.45, 7) is 7.43. The summed E-state index contributed by atoms with van der Waals surface area (Å²) in [5.74, 6) is -1.52. The lowest BCUT2D eigenvalue weighted by Crippen LogP contribution is -2.47. The predicted octanol–water partition coefficient (Wildman–Crippen LogP) is 1.66.